The van der Waals surface area contributed by atoms with Gasteiger partial charge in [-0.05, 0) is 27.8 Å². The van der Waals surface area contributed by atoms with Crippen molar-refractivity contribution in [2.24, 2.45) is 0 Å². The van der Waals surface area contributed by atoms with Gasteiger partial charge in [0.1, 0.15) is 36.6 Å². The number of ether oxygens (including phenoxy) is 8. The molecule has 282 valence electrons. The van der Waals surface area contributed by atoms with Crippen molar-refractivity contribution in [3.05, 3.63) is 179 Å². The molecule has 2 aliphatic rings. The summed E-state index contributed by atoms with van der Waals surface area (Å²) in [4.78, 5) is 0. The first-order valence-electron chi connectivity index (χ1n) is 18.5. The lowest BCUT2D eigenvalue weighted by molar-refractivity contribution is -0.327. The third-order valence-corrected chi connectivity index (χ3v) is 9.50. The van der Waals surface area contributed by atoms with E-state index in [-0.39, 0.29) is 26.4 Å². The Balaban J connectivity index is 1.14. The summed E-state index contributed by atoms with van der Waals surface area (Å²) in [6.07, 6.45) is -6.43. The first-order valence-corrected chi connectivity index (χ1v) is 18.5. The lowest BCUT2D eigenvalue weighted by Gasteiger charge is -2.43. The Hall–Kier alpha value is -4.26. The molecule has 0 saturated carbocycles. The SMILES string of the molecule is O[C@@H]1[C@@H](OCc2ccccc2)[C@H](O[C@@H]2[C@@H](OCc3ccccc3)[C@@H](OCc3ccccc3)OC[C@H]2OCc2ccccc2)O[C@H]1COCc1ccccc1. The molecule has 54 heavy (non-hydrogen) atoms. The van der Waals surface area contributed by atoms with E-state index in [9.17, 15) is 5.11 Å². The third kappa shape index (κ3) is 10.7. The summed E-state index contributed by atoms with van der Waals surface area (Å²) in [5.74, 6) is 0. The maximum atomic E-state index is 11.7. The van der Waals surface area contributed by atoms with Gasteiger partial charge in [0.05, 0.1) is 46.2 Å². The van der Waals surface area contributed by atoms with E-state index in [0.717, 1.165) is 27.8 Å². The van der Waals surface area contributed by atoms with Crippen LogP contribution in [0.2, 0.25) is 0 Å². The maximum absolute atomic E-state index is 11.7. The zero-order valence-electron chi connectivity index (χ0n) is 30.2. The number of hydrogen-bond acceptors (Lipinski definition) is 9. The Labute approximate surface area is 317 Å². The largest absolute Gasteiger partial charge is 0.387 e. The first kappa shape index (κ1) is 38.0. The van der Waals surface area contributed by atoms with E-state index < -0.39 is 49.2 Å². The molecule has 0 unspecified atom stereocenters. The van der Waals surface area contributed by atoms with Gasteiger partial charge < -0.3 is 43.0 Å². The summed E-state index contributed by atoms with van der Waals surface area (Å²) < 4.78 is 51.9. The summed E-state index contributed by atoms with van der Waals surface area (Å²) in [7, 11) is 0. The fourth-order valence-electron chi connectivity index (χ4n) is 6.58. The Morgan fingerprint density at radius 3 is 1.39 bits per heavy atom. The summed E-state index contributed by atoms with van der Waals surface area (Å²) in [5, 5.41) is 11.7. The maximum Gasteiger partial charge on any atom is 0.187 e. The Morgan fingerprint density at radius 1 is 0.463 bits per heavy atom. The quantitative estimate of drug-likeness (QED) is 0.102. The van der Waals surface area contributed by atoms with Crippen molar-refractivity contribution in [1.82, 2.24) is 0 Å². The van der Waals surface area contributed by atoms with Crippen LogP contribution in [0.1, 0.15) is 27.8 Å². The fourth-order valence-corrected chi connectivity index (χ4v) is 6.58. The molecule has 9 heteroatoms. The van der Waals surface area contributed by atoms with Gasteiger partial charge in [0, 0.05) is 0 Å². The van der Waals surface area contributed by atoms with Crippen molar-refractivity contribution in [2.45, 2.75) is 82.2 Å². The minimum atomic E-state index is -1.04. The molecule has 0 bridgehead atoms. The highest BCUT2D eigenvalue weighted by molar-refractivity contribution is 5.17. The van der Waals surface area contributed by atoms with E-state index in [1.165, 1.54) is 0 Å². The van der Waals surface area contributed by atoms with Gasteiger partial charge in [-0.2, -0.15) is 0 Å². The molecule has 2 saturated heterocycles. The van der Waals surface area contributed by atoms with Crippen LogP contribution in [0.4, 0.5) is 0 Å². The van der Waals surface area contributed by atoms with Crippen molar-refractivity contribution in [3.8, 4) is 0 Å². The molecule has 7 rings (SSSR count). The first-order chi connectivity index (χ1) is 26.7. The zero-order valence-corrected chi connectivity index (χ0v) is 30.2. The van der Waals surface area contributed by atoms with Crippen LogP contribution in [0.25, 0.3) is 0 Å². The molecule has 0 spiro atoms. The average molecular weight is 733 g/mol. The molecular formula is C45H48O9. The van der Waals surface area contributed by atoms with Gasteiger partial charge in [-0.15, -0.1) is 0 Å². The van der Waals surface area contributed by atoms with Crippen molar-refractivity contribution < 1.29 is 43.0 Å². The van der Waals surface area contributed by atoms with Crippen LogP contribution < -0.4 is 0 Å². The van der Waals surface area contributed by atoms with Crippen molar-refractivity contribution in [2.75, 3.05) is 13.2 Å². The van der Waals surface area contributed by atoms with Crippen molar-refractivity contribution in [3.63, 3.8) is 0 Å². The molecule has 5 aromatic carbocycles. The Morgan fingerprint density at radius 2 is 0.889 bits per heavy atom. The van der Waals surface area contributed by atoms with Gasteiger partial charge in [0.25, 0.3) is 0 Å². The number of benzene rings is 5. The monoisotopic (exact) mass is 732 g/mol. The van der Waals surface area contributed by atoms with Gasteiger partial charge in [-0.3, -0.25) is 0 Å². The molecule has 2 heterocycles. The molecule has 2 fully saturated rings. The number of aliphatic hydroxyl groups excluding tert-OH is 1. The summed E-state index contributed by atoms with van der Waals surface area (Å²) in [5.41, 5.74) is 4.97. The lowest BCUT2D eigenvalue weighted by atomic mass is 10.0. The molecule has 0 aromatic heterocycles. The van der Waals surface area contributed by atoms with E-state index >= 15 is 0 Å². The Kier molecular flexibility index (Phi) is 14.0. The molecule has 0 amide bonds. The van der Waals surface area contributed by atoms with Crippen LogP contribution in [0.15, 0.2) is 152 Å². The van der Waals surface area contributed by atoms with Crippen LogP contribution in [0.5, 0.6) is 0 Å². The molecule has 1 N–H and O–H groups in total. The van der Waals surface area contributed by atoms with E-state index in [2.05, 4.69) is 0 Å². The summed E-state index contributed by atoms with van der Waals surface area (Å²) in [6, 6.07) is 49.5. The van der Waals surface area contributed by atoms with Crippen LogP contribution in [0.3, 0.4) is 0 Å². The average Bonchev–Trinajstić information content (AvgIpc) is 3.52. The van der Waals surface area contributed by atoms with E-state index in [1.54, 1.807) is 0 Å². The van der Waals surface area contributed by atoms with Gasteiger partial charge in [-0.1, -0.05) is 152 Å². The number of hydrogen-bond donors (Lipinski definition) is 1. The minimum Gasteiger partial charge on any atom is -0.387 e. The summed E-state index contributed by atoms with van der Waals surface area (Å²) >= 11 is 0. The number of aliphatic hydroxyl groups is 1. The van der Waals surface area contributed by atoms with Gasteiger partial charge in [0.15, 0.2) is 12.6 Å². The normalized spacial score (nSPS) is 25.4. The highest BCUT2D eigenvalue weighted by Gasteiger charge is 2.51. The molecule has 9 nitrogen and oxygen atoms in total. The van der Waals surface area contributed by atoms with Gasteiger partial charge >= 0.3 is 0 Å². The fraction of sp³-hybridized carbons (Fsp3) is 0.333. The van der Waals surface area contributed by atoms with E-state index in [0.29, 0.717) is 19.8 Å². The van der Waals surface area contributed by atoms with Crippen LogP contribution in [-0.2, 0) is 70.9 Å². The molecule has 8 atom stereocenters. The molecular weight excluding hydrogens is 684 g/mol. The van der Waals surface area contributed by atoms with Crippen LogP contribution >= 0.6 is 0 Å². The molecule has 5 aromatic rings. The zero-order chi connectivity index (χ0) is 36.8. The van der Waals surface area contributed by atoms with Crippen molar-refractivity contribution >= 4 is 0 Å². The molecule has 0 radical (unpaired) electrons. The topological polar surface area (TPSA) is 94.1 Å². The third-order valence-electron chi connectivity index (χ3n) is 9.50. The van der Waals surface area contributed by atoms with Crippen molar-refractivity contribution in [1.29, 1.82) is 0 Å². The van der Waals surface area contributed by atoms with E-state index in [4.69, 9.17) is 37.9 Å². The molecule has 0 aliphatic carbocycles. The highest BCUT2D eigenvalue weighted by atomic mass is 16.8. The van der Waals surface area contributed by atoms with Crippen LogP contribution in [0, 0.1) is 0 Å². The smallest absolute Gasteiger partial charge is 0.187 e. The standard InChI is InChI=1S/C45H48O9/c46-40-38(31-47-26-33-16-6-1-7-17-33)53-45(42(40)49-28-35-20-10-3-11-21-35)54-41-39(48-27-34-18-8-2-9-19-34)32-52-44(51-30-37-24-14-5-15-25-37)43(41)50-29-36-22-12-4-13-23-36/h1-25,38-46H,26-32H2/t38-,39+,40-,41-,42+,43+,44-,45-/m0/s1. The lowest BCUT2D eigenvalue weighted by Crippen LogP contribution is -2.58. The molecule has 2 aliphatic heterocycles. The van der Waals surface area contributed by atoms with Gasteiger partial charge in [-0.25, -0.2) is 0 Å². The summed E-state index contributed by atoms with van der Waals surface area (Å²) in [6.45, 7) is 1.86. The second-order valence-corrected chi connectivity index (χ2v) is 13.5. The van der Waals surface area contributed by atoms with Crippen LogP contribution in [-0.4, -0.2) is 67.5 Å². The second kappa shape index (κ2) is 19.9. The van der Waals surface area contributed by atoms with Gasteiger partial charge in [0.2, 0.25) is 0 Å². The number of rotatable bonds is 18. The Bertz CT molecular complexity index is 1760. The second-order valence-electron chi connectivity index (χ2n) is 13.5. The highest BCUT2D eigenvalue weighted by Crippen LogP contribution is 2.33. The minimum absolute atomic E-state index is 0.138. The van der Waals surface area contributed by atoms with E-state index in [1.807, 2.05) is 152 Å². The predicted molar refractivity (Wildman–Crippen MR) is 202 cm³/mol. The predicted octanol–water partition coefficient (Wildman–Crippen LogP) is 7.00.